The van der Waals surface area contributed by atoms with Crippen molar-refractivity contribution in [1.82, 2.24) is 9.80 Å². The highest BCUT2D eigenvalue weighted by molar-refractivity contribution is 5.96. The summed E-state index contributed by atoms with van der Waals surface area (Å²) >= 11 is 0. The van der Waals surface area contributed by atoms with Gasteiger partial charge in [-0.05, 0) is 26.2 Å². The van der Waals surface area contributed by atoms with E-state index in [9.17, 15) is 14.0 Å². The van der Waals surface area contributed by atoms with Crippen LogP contribution in [0.2, 0.25) is 0 Å². The summed E-state index contributed by atoms with van der Waals surface area (Å²) in [6.45, 7) is 0.293. The fourth-order valence-electron chi connectivity index (χ4n) is 1.54. The zero-order valence-electron chi connectivity index (χ0n) is 11.0. The van der Waals surface area contributed by atoms with Crippen molar-refractivity contribution in [2.24, 2.45) is 0 Å². The first-order valence-corrected chi connectivity index (χ1v) is 5.82. The van der Waals surface area contributed by atoms with Crippen LogP contribution in [0, 0.1) is 5.82 Å². The van der Waals surface area contributed by atoms with E-state index in [-0.39, 0.29) is 12.1 Å². The number of likely N-dealkylation sites (N-methyl/N-ethyl adjacent to an activating group) is 1. The number of amides is 1. The number of benzene rings is 1. The summed E-state index contributed by atoms with van der Waals surface area (Å²) in [4.78, 5) is 25.8. The van der Waals surface area contributed by atoms with Gasteiger partial charge in [0.2, 0.25) is 0 Å². The van der Waals surface area contributed by atoms with E-state index in [0.29, 0.717) is 6.54 Å². The Labute approximate surface area is 111 Å². The average molecular weight is 268 g/mol. The molecule has 0 aliphatic heterocycles. The van der Waals surface area contributed by atoms with Crippen LogP contribution in [0.25, 0.3) is 0 Å². The van der Waals surface area contributed by atoms with Gasteiger partial charge in [-0.15, -0.1) is 0 Å². The molecule has 0 fully saturated rings. The highest BCUT2D eigenvalue weighted by Gasteiger charge is 2.20. The van der Waals surface area contributed by atoms with Crippen LogP contribution in [0.4, 0.5) is 4.39 Å². The van der Waals surface area contributed by atoms with E-state index in [1.54, 1.807) is 6.07 Å². The first kappa shape index (κ1) is 15.1. The van der Waals surface area contributed by atoms with E-state index < -0.39 is 24.2 Å². The Bertz CT molecular complexity index is 463. The molecule has 1 rings (SSSR count). The van der Waals surface area contributed by atoms with Crippen molar-refractivity contribution < 1.29 is 19.1 Å². The molecule has 0 spiro atoms. The van der Waals surface area contributed by atoms with Crippen molar-refractivity contribution in [2.45, 2.75) is 0 Å². The molecule has 0 bridgehead atoms. The number of rotatable bonds is 6. The molecule has 1 N–H and O–H groups in total. The number of halogens is 1. The van der Waals surface area contributed by atoms with Gasteiger partial charge in [0.05, 0.1) is 5.56 Å². The monoisotopic (exact) mass is 268 g/mol. The van der Waals surface area contributed by atoms with Crippen LogP contribution in [0.5, 0.6) is 0 Å². The maximum Gasteiger partial charge on any atom is 0.323 e. The molecule has 0 radical (unpaired) electrons. The third-order valence-electron chi connectivity index (χ3n) is 2.53. The summed E-state index contributed by atoms with van der Waals surface area (Å²) in [6.07, 6.45) is 0. The second kappa shape index (κ2) is 6.84. The predicted molar refractivity (Wildman–Crippen MR) is 68.5 cm³/mol. The van der Waals surface area contributed by atoms with Crippen molar-refractivity contribution >= 4 is 11.9 Å². The fourth-order valence-corrected chi connectivity index (χ4v) is 1.54. The zero-order chi connectivity index (χ0) is 14.4. The van der Waals surface area contributed by atoms with E-state index in [2.05, 4.69) is 0 Å². The molecule has 0 atom stereocenters. The Morgan fingerprint density at radius 2 is 1.84 bits per heavy atom. The number of hydrogen-bond acceptors (Lipinski definition) is 3. The molecule has 6 heteroatoms. The third-order valence-corrected chi connectivity index (χ3v) is 2.53. The van der Waals surface area contributed by atoms with Crippen molar-refractivity contribution in [2.75, 3.05) is 33.7 Å². The van der Waals surface area contributed by atoms with E-state index in [0.717, 1.165) is 4.90 Å². The quantitative estimate of drug-likeness (QED) is 0.833. The van der Waals surface area contributed by atoms with Crippen molar-refractivity contribution in [3.05, 3.63) is 35.6 Å². The maximum absolute atomic E-state index is 13.5. The Morgan fingerprint density at radius 1 is 1.21 bits per heavy atom. The Hall–Kier alpha value is -1.95. The number of carboxylic acids is 1. The molecule has 0 aromatic heterocycles. The summed E-state index contributed by atoms with van der Waals surface area (Å²) < 4.78 is 13.5. The number of nitrogens with zero attached hydrogens (tertiary/aromatic N) is 2. The van der Waals surface area contributed by atoms with Gasteiger partial charge in [0, 0.05) is 13.1 Å². The molecule has 0 aliphatic carbocycles. The van der Waals surface area contributed by atoms with Gasteiger partial charge in [-0.2, -0.15) is 0 Å². The largest absolute Gasteiger partial charge is 0.480 e. The second-order valence-corrected chi connectivity index (χ2v) is 4.40. The maximum atomic E-state index is 13.5. The molecule has 0 saturated carbocycles. The molecule has 5 nitrogen and oxygen atoms in total. The zero-order valence-corrected chi connectivity index (χ0v) is 11.0. The fraction of sp³-hybridized carbons (Fsp3) is 0.385. The predicted octanol–water partition coefficient (Wildman–Crippen LogP) is 0.914. The van der Waals surface area contributed by atoms with E-state index >= 15 is 0 Å². The average Bonchev–Trinajstić information content (AvgIpc) is 2.33. The van der Waals surface area contributed by atoms with Crippen LogP contribution in [0.3, 0.4) is 0 Å². The van der Waals surface area contributed by atoms with Gasteiger partial charge >= 0.3 is 5.97 Å². The van der Waals surface area contributed by atoms with Crippen molar-refractivity contribution in [3.8, 4) is 0 Å². The minimum Gasteiger partial charge on any atom is -0.480 e. The lowest BCUT2D eigenvalue weighted by Gasteiger charge is -2.22. The van der Waals surface area contributed by atoms with Gasteiger partial charge in [-0.25, -0.2) is 4.39 Å². The molecule has 0 unspecified atom stereocenters. The normalized spacial score (nSPS) is 10.5. The first-order chi connectivity index (χ1) is 8.91. The lowest BCUT2D eigenvalue weighted by Crippen LogP contribution is -2.40. The van der Waals surface area contributed by atoms with Gasteiger partial charge in [0.1, 0.15) is 12.4 Å². The van der Waals surface area contributed by atoms with Crippen LogP contribution < -0.4 is 0 Å². The minimum atomic E-state index is -1.12. The standard InChI is InChI=1S/C13H17FN2O3/c1-15(2)7-8-16(9-12(17)18)13(19)10-5-3-4-6-11(10)14/h3-6H,7-9H2,1-2H3,(H,17,18). The van der Waals surface area contributed by atoms with E-state index in [4.69, 9.17) is 5.11 Å². The molecule has 1 aromatic rings. The lowest BCUT2D eigenvalue weighted by molar-refractivity contribution is -0.137. The highest BCUT2D eigenvalue weighted by atomic mass is 19.1. The summed E-state index contributed by atoms with van der Waals surface area (Å²) in [6, 6.07) is 5.55. The SMILES string of the molecule is CN(C)CCN(CC(=O)O)C(=O)c1ccccc1F. The van der Waals surface area contributed by atoms with Gasteiger partial charge in [0.25, 0.3) is 5.91 Å². The van der Waals surface area contributed by atoms with Crippen molar-refractivity contribution in [1.29, 1.82) is 0 Å². The Kier molecular flexibility index (Phi) is 5.44. The molecule has 0 heterocycles. The second-order valence-electron chi connectivity index (χ2n) is 4.40. The summed E-state index contributed by atoms with van der Waals surface area (Å²) in [7, 11) is 3.62. The molecular weight excluding hydrogens is 251 g/mol. The number of carboxylic acid groups (broad SMARTS) is 1. The number of hydrogen-bond donors (Lipinski definition) is 1. The topological polar surface area (TPSA) is 60.9 Å². The van der Waals surface area contributed by atoms with Gasteiger partial charge in [-0.3, -0.25) is 9.59 Å². The Morgan fingerprint density at radius 3 is 2.37 bits per heavy atom. The van der Waals surface area contributed by atoms with Crippen LogP contribution in [0.1, 0.15) is 10.4 Å². The number of aliphatic carboxylic acids is 1. The Balaban J connectivity index is 2.87. The smallest absolute Gasteiger partial charge is 0.323 e. The summed E-state index contributed by atoms with van der Waals surface area (Å²) in [5, 5.41) is 8.81. The lowest BCUT2D eigenvalue weighted by atomic mass is 10.2. The van der Waals surface area contributed by atoms with Crippen molar-refractivity contribution in [3.63, 3.8) is 0 Å². The van der Waals surface area contributed by atoms with Crippen LogP contribution in [-0.2, 0) is 4.79 Å². The van der Waals surface area contributed by atoms with Gasteiger partial charge < -0.3 is 14.9 Å². The highest BCUT2D eigenvalue weighted by Crippen LogP contribution is 2.10. The van der Waals surface area contributed by atoms with E-state index in [1.165, 1.54) is 18.2 Å². The minimum absolute atomic E-state index is 0.109. The third kappa shape index (κ3) is 4.67. The van der Waals surface area contributed by atoms with Crippen LogP contribution in [0.15, 0.2) is 24.3 Å². The van der Waals surface area contributed by atoms with Gasteiger partial charge in [-0.1, -0.05) is 12.1 Å². The molecule has 104 valence electrons. The van der Waals surface area contributed by atoms with Crippen LogP contribution in [-0.4, -0.2) is 60.5 Å². The first-order valence-electron chi connectivity index (χ1n) is 5.82. The summed E-state index contributed by atoms with van der Waals surface area (Å²) in [5.41, 5.74) is -0.109. The molecular formula is C13H17FN2O3. The van der Waals surface area contributed by atoms with Crippen LogP contribution >= 0.6 is 0 Å². The summed E-state index contributed by atoms with van der Waals surface area (Å²) in [5.74, 6) is -2.38. The number of carbonyl (C=O) groups excluding carboxylic acids is 1. The van der Waals surface area contributed by atoms with E-state index in [1.807, 2.05) is 19.0 Å². The van der Waals surface area contributed by atoms with Gasteiger partial charge in [0.15, 0.2) is 0 Å². The molecule has 0 saturated heterocycles. The molecule has 1 amide bonds. The molecule has 19 heavy (non-hydrogen) atoms. The molecule has 0 aliphatic rings. The number of carbonyl (C=O) groups is 2. The molecule has 1 aromatic carbocycles.